The van der Waals surface area contributed by atoms with E-state index in [1.54, 1.807) is 12.1 Å². The highest BCUT2D eigenvalue weighted by molar-refractivity contribution is 8.00. The van der Waals surface area contributed by atoms with Crippen LogP contribution in [0, 0.1) is 17.2 Å². The molecule has 0 aromatic heterocycles. The molecule has 1 fully saturated rings. The van der Waals surface area contributed by atoms with Crippen LogP contribution in [-0.4, -0.2) is 40.6 Å². The Morgan fingerprint density at radius 1 is 1.40 bits per heavy atom. The van der Waals surface area contributed by atoms with Crippen LogP contribution in [0.15, 0.2) is 24.3 Å². The van der Waals surface area contributed by atoms with Gasteiger partial charge in [-0.25, -0.2) is 0 Å². The summed E-state index contributed by atoms with van der Waals surface area (Å²) in [7, 11) is 0. The van der Waals surface area contributed by atoms with Gasteiger partial charge in [0, 0.05) is 30.6 Å². The maximum atomic E-state index is 10.3. The number of hydrogen-bond acceptors (Lipinski definition) is 4. The molecule has 0 bridgehead atoms. The first kappa shape index (κ1) is 15.4. The van der Waals surface area contributed by atoms with Gasteiger partial charge in [-0.3, -0.25) is 4.90 Å². The van der Waals surface area contributed by atoms with E-state index in [-0.39, 0.29) is 0 Å². The summed E-state index contributed by atoms with van der Waals surface area (Å²) in [5.74, 6) is 1.82. The lowest BCUT2D eigenvalue weighted by Gasteiger charge is -2.35. The minimum Gasteiger partial charge on any atom is -0.387 e. The third-order valence-electron chi connectivity index (χ3n) is 3.78. The van der Waals surface area contributed by atoms with Gasteiger partial charge in [0.1, 0.15) is 0 Å². The Morgan fingerprint density at radius 2 is 2.10 bits per heavy atom. The van der Waals surface area contributed by atoms with Crippen LogP contribution in [0.1, 0.15) is 31.1 Å². The molecule has 1 saturated heterocycles. The lowest BCUT2D eigenvalue weighted by atomic mass is 10.1. The van der Waals surface area contributed by atoms with Crippen molar-refractivity contribution in [3.8, 4) is 6.07 Å². The number of benzene rings is 1. The SMILES string of the molecule is CC(C)C1CN(CC(O)c2ccc(C#N)cc2)CCS1. The summed E-state index contributed by atoms with van der Waals surface area (Å²) in [5.41, 5.74) is 1.53. The van der Waals surface area contributed by atoms with Gasteiger partial charge in [-0.2, -0.15) is 17.0 Å². The zero-order valence-electron chi connectivity index (χ0n) is 12.1. The number of rotatable bonds is 4. The average Bonchev–Trinajstić information content (AvgIpc) is 2.47. The summed E-state index contributed by atoms with van der Waals surface area (Å²) in [6.45, 7) is 7.29. The summed E-state index contributed by atoms with van der Waals surface area (Å²) in [6, 6.07) is 9.33. The van der Waals surface area contributed by atoms with E-state index in [0.717, 1.165) is 24.4 Å². The number of hydrogen-bond donors (Lipinski definition) is 1. The van der Waals surface area contributed by atoms with Crippen molar-refractivity contribution in [2.24, 2.45) is 5.92 Å². The second-order valence-corrected chi connectivity index (χ2v) is 7.01. The Morgan fingerprint density at radius 3 is 2.70 bits per heavy atom. The summed E-state index contributed by atoms with van der Waals surface area (Å²) >= 11 is 2.04. The van der Waals surface area contributed by atoms with Crippen molar-refractivity contribution in [3.63, 3.8) is 0 Å². The average molecular weight is 290 g/mol. The van der Waals surface area contributed by atoms with Gasteiger partial charge in [0.05, 0.1) is 17.7 Å². The molecule has 1 N–H and O–H groups in total. The molecule has 0 radical (unpaired) electrons. The maximum absolute atomic E-state index is 10.3. The molecule has 1 aliphatic heterocycles. The highest BCUT2D eigenvalue weighted by atomic mass is 32.2. The number of β-amino-alcohol motifs (C(OH)–C–C–N with tert-alkyl or cyclic N) is 1. The van der Waals surface area contributed by atoms with E-state index >= 15 is 0 Å². The topological polar surface area (TPSA) is 47.3 Å². The predicted molar refractivity (Wildman–Crippen MR) is 83.6 cm³/mol. The molecule has 0 spiro atoms. The van der Waals surface area contributed by atoms with E-state index in [9.17, 15) is 5.11 Å². The van der Waals surface area contributed by atoms with Gasteiger partial charge in [0.25, 0.3) is 0 Å². The molecule has 1 heterocycles. The van der Waals surface area contributed by atoms with Crippen LogP contribution in [-0.2, 0) is 0 Å². The molecule has 108 valence electrons. The molecular formula is C16H22N2OS. The van der Waals surface area contributed by atoms with E-state index in [2.05, 4.69) is 24.8 Å². The third kappa shape index (κ3) is 3.99. The zero-order valence-corrected chi connectivity index (χ0v) is 12.9. The number of aliphatic hydroxyl groups excluding tert-OH is 1. The number of nitrogens with zero attached hydrogens (tertiary/aromatic N) is 2. The van der Waals surface area contributed by atoms with Gasteiger partial charge in [-0.1, -0.05) is 26.0 Å². The van der Waals surface area contributed by atoms with Gasteiger partial charge >= 0.3 is 0 Å². The lowest BCUT2D eigenvalue weighted by molar-refractivity contribution is 0.113. The number of aliphatic hydroxyl groups is 1. The number of thioether (sulfide) groups is 1. The van der Waals surface area contributed by atoms with Crippen molar-refractivity contribution < 1.29 is 5.11 Å². The Kier molecular flexibility index (Phi) is 5.47. The summed E-state index contributed by atoms with van der Waals surface area (Å²) in [6.07, 6.45) is -0.473. The molecule has 1 aliphatic rings. The molecule has 3 nitrogen and oxygen atoms in total. The molecule has 1 aromatic carbocycles. The zero-order chi connectivity index (χ0) is 14.5. The first-order chi connectivity index (χ1) is 9.60. The van der Waals surface area contributed by atoms with Gasteiger partial charge in [-0.05, 0) is 23.6 Å². The fraction of sp³-hybridized carbons (Fsp3) is 0.562. The van der Waals surface area contributed by atoms with Crippen LogP contribution < -0.4 is 0 Å². The fourth-order valence-electron chi connectivity index (χ4n) is 2.43. The molecule has 0 amide bonds. The van der Waals surface area contributed by atoms with Gasteiger partial charge in [-0.15, -0.1) is 0 Å². The minimum atomic E-state index is -0.473. The standard InChI is InChI=1S/C16H22N2OS/c1-12(2)16-11-18(7-8-20-16)10-15(19)14-5-3-13(9-17)4-6-14/h3-6,12,15-16,19H,7-8,10-11H2,1-2H3. The van der Waals surface area contributed by atoms with Crippen molar-refractivity contribution in [2.45, 2.75) is 25.2 Å². The monoisotopic (exact) mass is 290 g/mol. The largest absolute Gasteiger partial charge is 0.387 e. The van der Waals surface area contributed by atoms with E-state index in [0.29, 0.717) is 23.3 Å². The Labute approximate surface area is 125 Å². The molecule has 0 aliphatic carbocycles. The van der Waals surface area contributed by atoms with Crippen molar-refractivity contribution in [3.05, 3.63) is 35.4 Å². The fourth-order valence-corrected chi connectivity index (χ4v) is 3.80. The molecule has 4 heteroatoms. The second-order valence-electron chi connectivity index (χ2n) is 5.66. The molecule has 20 heavy (non-hydrogen) atoms. The lowest BCUT2D eigenvalue weighted by Crippen LogP contribution is -2.41. The van der Waals surface area contributed by atoms with Crippen molar-refractivity contribution in [1.82, 2.24) is 4.90 Å². The molecule has 2 rings (SSSR count). The highest BCUT2D eigenvalue weighted by Gasteiger charge is 2.24. The van der Waals surface area contributed by atoms with Crippen LogP contribution in [0.3, 0.4) is 0 Å². The maximum Gasteiger partial charge on any atom is 0.0991 e. The second kappa shape index (κ2) is 7.12. The number of nitriles is 1. The minimum absolute atomic E-state index is 0.473. The van der Waals surface area contributed by atoms with Crippen LogP contribution >= 0.6 is 11.8 Å². The van der Waals surface area contributed by atoms with E-state index in [4.69, 9.17) is 5.26 Å². The molecule has 2 unspecified atom stereocenters. The quantitative estimate of drug-likeness (QED) is 0.926. The van der Waals surface area contributed by atoms with Crippen molar-refractivity contribution in [2.75, 3.05) is 25.4 Å². The van der Waals surface area contributed by atoms with Crippen LogP contribution in [0.25, 0.3) is 0 Å². The van der Waals surface area contributed by atoms with Crippen molar-refractivity contribution >= 4 is 11.8 Å². The molecule has 1 aromatic rings. The molecule has 2 atom stereocenters. The van der Waals surface area contributed by atoms with E-state index in [1.165, 1.54) is 0 Å². The smallest absolute Gasteiger partial charge is 0.0991 e. The van der Waals surface area contributed by atoms with Crippen LogP contribution in [0.5, 0.6) is 0 Å². The Balaban J connectivity index is 1.93. The van der Waals surface area contributed by atoms with Gasteiger partial charge < -0.3 is 5.11 Å². The normalized spacial score (nSPS) is 21.6. The van der Waals surface area contributed by atoms with Crippen LogP contribution in [0.2, 0.25) is 0 Å². The third-order valence-corrected chi connectivity index (χ3v) is 5.32. The Bertz CT molecular complexity index is 466. The Hall–Kier alpha value is -1.02. The highest BCUT2D eigenvalue weighted by Crippen LogP contribution is 2.26. The van der Waals surface area contributed by atoms with Gasteiger partial charge in [0.15, 0.2) is 0 Å². The van der Waals surface area contributed by atoms with Gasteiger partial charge in [0.2, 0.25) is 0 Å². The molecular weight excluding hydrogens is 268 g/mol. The van der Waals surface area contributed by atoms with Crippen LogP contribution in [0.4, 0.5) is 0 Å². The first-order valence-electron chi connectivity index (χ1n) is 7.12. The van der Waals surface area contributed by atoms with Crippen molar-refractivity contribution in [1.29, 1.82) is 5.26 Å². The van der Waals surface area contributed by atoms with E-state index < -0.39 is 6.10 Å². The summed E-state index contributed by atoms with van der Waals surface area (Å²) in [4.78, 5) is 2.35. The predicted octanol–water partition coefficient (Wildman–Crippen LogP) is 2.67. The summed E-state index contributed by atoms with van der Waals surface area (Å²) < 4.78 is 0. The molecule has 0 saturated carbocycles. The first-order valence-corrected chi connectivity index (χ1v) is 8.17. The summed E-state index contributed by atoms with van der Waals surface area (Å²) in [5, 5.41) is 19.8. The van der Waals surface area contributed by atoms with E-state index in [1.807, 2.05) is 23.9 Å².